The smallest absolute Gasteiger partial charge is 0.258 e. The molecule has 1 saturated heterocycles. The maximum Gasteiger partial charge on any atom is 0.258 e. The number of aromatic nitrogens is 2. The Morgan fingerprint density at radius 2 is 2.30 bits per heavy atom. The molecule has 1 aliphatic heterocycles. The molecule has 0 aliphatic carbocycles. The van der Waals surface area contributed by atoms with Crippen LogP contribution in [0.4, 0.5) is 0 Å². The highest BCUT2D eigenvalue weighted by Crippen LogP contribution is 2.23. The van der Waals surface area contributed by atoms with Crippen molar-refractivity contribution in [1.29, 1.82) is 0 Å². The van der Waals surface area contributed by atoms with E-state index in [0.29, 0.717) is 22.0 Å². The Balaban J connectivity index is 1.66. The van der Waals surface area contributed by atoms with E-state index in [9.17, 15) is 4.79 Å². The average Bonchev–Trinajstić information content (AvgIpc) is 3.17. The van der Waals surface area contributed by atoms with Gasteiger partial charge in [-0.2, -0.15) is 0 Å². The van der Waals surface area contributed by atoms with Crippen molar-refractivity contribution in [3.05, 3.63) is 61.8 Å². The van der Waals surface area contributed by atoms with Gasteiger partial charge in [0, 0.05) is 17.9 Å². The predicted octanol–water partition coefficient (Wildman–Crippen LogP) is 2.56. The minimum absolute atomic E-state index is 0.0899. The third kappa shape index (κ3) is 2.92. The van der Waals surface area contributed by atoms with Gasteiger partial charge >= 0.3 is 0 Å². The van der Waals surface area contributed by atoms with Crippen molar-refractivity contribution in [2.45, 2.75) is 25.4 Å². The van der Waals surface area contributed by atoms with Crippen molar-refractivity contribution in [3.8, 4) is 0 Å². The molecule has 0 spiro atoms. The Morgan fingerprint density at radius 3 is 3.13 bits per heavy atom. The van der Waals surface area contributed by atoms with Crippen molar-refractivity contribution >= 4 is 33.8 Å². The van der Waals surface area contributed by atoms with E-state index in [1.54, 1.807) is 18.2 Å². The third-order valence-corrected chi connectivity index (χ3v) is 5.70. The Bertz CT molecular complexity index is 890. The SMILES string of the molecule is O=c1[nH]c(C[NH+]2CCC[C@H]2c2cccs2)nc2cc(Cl)ccc12. The number of fused-ring (bicyclic) bond motifs is 1. The molecule has 2 N–H and O–H groups in total. The summed E-state index contributed by atoms with van der Waals surface area (Å²) < 4.78 is 0. The Morgan fingerprint density at radius 1 is 1.39 bits per heavy atom. The van der Waals surface area contributed by atoms with Crippen LogP contribution in [0, 0.1) is 0 Å². The number of H-pyrrole nitrogens is 1. The maximum atomic E-state index is 12.2. The molecule has 3 heterocycles. The van der Waals surface area contributed by atoms with Crippen molar-refractivity contribution < 1.29 is 4.90 Å². The fraction of sp³-hybridized carbons (Fsp3) is 0.294. The van der Waals surface area contributed by atoms with Gasteiger partial charge in [-0.25, -0.2) is 4.98 Å². The zero-order chi connectivity index (χ0) is 15.8. The highest BCUT2D eigenvalue weighted by atomic mass is 35.5. The summed E-state index contributed by atoms with van der Waals surface area (Å²) in [5, 5.41) is 3.32. The lowest BCUT2D eigenvalue weighted by molar-refractivity contribution is -0.932. The first-order valence-electron chi connectivity index (χ1n) is 7.77. The summed E-state index contributed by atoms with van der Waals surface area (Å²) in [4.78, 5) is 22.7. The van der Waals surface area contributed by atoms with Crippen LogP contribution in [0.1, 0.15) is 29.6 Å². The van der Waals surface area contributed by atoms with E-state index in [2.05, 4.69) is 27.5 Å². The third-order valence-electron chi connectivity index (χ3n) is 4.48. The van der Waals surface area contributed by atoms with Gasteiger partial charge in [-0.1, -0.05) is 17.7 Å². The van der Waals surface area contributed by atoms with Gasteiger partial charge in [0.25, 0.3) is 5.56 Å². The van der Waals surface area contributed by atoms with Crippen LogP contribution in [0.2, 0.25) is 5.02 Å². The number of hydrogen-bond acceptors (Lipinski definition) is 3. The van der Waals surface area contributed by atoms with E-state index in [1.165, 1.54) is 22.6 Å². The van der Waals surface area contributed by atoms with Crippen LogP contribution in [0.15, 0.2) is 40.5 Å². The lowest BCUT2D eigenvalue weighted by Gasteiger charge is -2.20. The molecule has 0 radical (unpaired) electrons. The van der Waals surface area contributed by atoms with E-state index in [4.69, 9.17) is 11.6 Å². The van der Waals surface area contributed by atoms with E-state index >= 15 is 0 Å². The van der Waals surface area contributed by atoms with Crippen molar-refractivity contribution in [1.82, 2.24) is 9.97 Å². The zero-order valence-corrected chi connectivity index (χ0v) is 14.1. The van der Waals surface area contributed by atoms with Crippen LogP contribution in [-0.4, -0.2) is 16.5 Å². The van der Waals surface area contributed by atoms with Gasteiger partial charge < -0.3 is 9.88 Å². The maximum absolute atomic E-state index is 12.2. The van der Waals surface area contributed by atoms with E-state index < -0.39 is 0 Å². The van der Waals surface area contributed by atoms with Crippen LogP contribution < -0.4 is 10.5 Å². The molecule has 1 fully saturated rings. The highest BCUT2D eigenvalue weighted by Gasteiger charge is 2.31. The number of thiophene rings is 1. The quantitative estimate of drug-likeness (QED) is 0.765. The number of rotatable bonds is 3. The molecule has 4 nitrogen and oxygen atoms in total. The van der Waals surface area contributed by atoms with Gasteiger partial charge in [0.1, 0.15) is 12.6 Å². The first-order valence-corrected chi connectivity index (χ1v) is 9.03. The fourth-order valence-corrected chi connectivity index (χ4v) is 4.50. The first kappa shape index (κ1) is 14.9. The van der Waals surface area contributed by atoms with Crippen LogP contribution >= 0.6 is 22.9 Å². The number of hydrogen-bond donors (Lipinski definition) is 2. The number of halogens is 1. The molecule has 23 heavy (non-hydrogen) atoms. The summed E-state index contributed by atoms with van der Waals surface area (Å²) in [6.45, 7) is 1.85. The minimum Gasteiger partial charge on any atom is -0.322 e. The van der Waals surface area contributed by atoms with Crippen molar-refractivity contribution in [2.24, 2.45) is 0 Å². The lowest BCUT2D eigenvalue weighted by Crippen LogP contribution is -3.09. The second kappa shape index (κ2) is 6.07. The number of nitrogens with zero attached hydrogens (tertiary/aromatic N) is 1. The van der Waals surface area contributed by atoms with Crippen molar-refractivity contribution in [3.63, 3.8) is 0 Å². The number of benzene rings is 1. The van der Waals surface area contributed by atoms with Crippen LogP contribution in [0.25, 0.3) is 10.9 Å². The van der Waals surface area contributed by atoms with Crippen LogP contribution in [-0.2, 0) is 6.54 Å². The molecule has 0 saturated carbocycles. The molecule has 0 amide bonds. The summed E-state index contributed by atoms with van der Waals surface area (Å²) in [7, 11) is 0. The second-order valence-corrected chi connectivity index (χ2v) is 7.39. The monoisotopic (exact) mass is 346 g/mol. The summed E-state index contributed by atoms with van der Waals surface area (Å²) in [6, 6.07) is 10.0. The molecule has 0 bridgehead atoms. The molecule has 6 heteroatoms. The van der Waals surface area contributed by atoms with Gasteiger partial charge in [0.05, 0.1) is 22.3 Å². The summed E-state index contributed by atoms with van der Waals surface area (Å²) in [5.41, 5.74) is 0.579. The number of quaternary nitrogens is 1. The largest absolute Gasteiger partial charge is 0.322 e. The molecule has 4 rings (SSSR count). The predicted molar refractivity (Wildman–Crippen MR) is 93.2 cm³/mol. The molecular formula is C17H17ClN3OS+. The first-order chi connectivity index (χ1) is 11.2. The summed E-state index contributed by atoms with van der Waals surface area (Å²) in [5.74, 6) is 0.739. The normalized spacial score (nSPS) is 21.1. The number of likely N-dealkylation sites (tertiary alicyclic amines) is 1. The van der Waals surface area contributed by atoms with Crippen LogP contribution in [0.5, 0.6) is 0 Å². The Labute approximate surface area is 142 Å². The van der Waals surface area contributed by atoms with Crippen molar-refractivity contribution in [2.75, 3.05) is 6.54 Å². The topological polar surface area (TPSA) is 50.2 Å². The van der Waals surface area contributed by atoms with E-state index in [-0.39, 0.29) is 5.56 Å². The second-order valence-electron chi connectivity index (χ2n) is 5.97. The van der Waals surface area contributed by atoms with Crippen LogP contribution in [0.3, 0.4) is 0 Å². The minimum atomic E-state index is -0.0899. The summed E-state index contributed by atoms with van der Waals surface area (Å²) in [6.07, 6.45) is 2.40. The highest BCUT2D eigenvalue weighted by molar-refractivity contribution is 7.10. The molecule has 1 unspecified atom stereocenters. The molecule has 1 aromatic carbocycles. The Kier molecular flexibility index (Phi) is 3.93. The molecular weight excluding hydrogens is 330 g/mol. The van der Waals surface area contributed by atoms with Gasteiger partial charge in [0.15, 0.2) is 5.82 Å². The van der Waals surface area contributed by atoms with Gasteiger partial charge in [0.2, 0.25) is 0 Å². The average molecular weight is 347 g/mol. The lowest BCUT2D eigenvalue weighted by atomic mass is 10.2. The van der Waals surface area contributed by atoms with Gasteiger partial charge in [-0.05, 0) is 29.6 Å². The zero-order valence-electron chi connectivity index (χ0n) is 12.5. The summed E-state index contributed by atoms with van der Waals surface area (Å²) >= 11 is 7.84. The molecule has 2 atom stereocenters. The van der Waals surface area contributed by atoms with Gasteiger partial charge in [-0.3, -0.25) is 4.79 Å². The number of aromatic amines is 1. The standard InChI is InChI=1S/C17H16ClN3OS/c18-11-5-6-12-13(9-11)19-16(20-17(12)22)10-21-7-1-3-14(21)15-4-2-8-23-15/h2,4-6,8-9,14H,1,3,7,10H2,(H,19,20,22)/p+1/t14-/m0/s1. The fourth-order valence-electron chi connectivity index (χ4n) is 3.42. The molecule has 3 aromatic rings. The molecule has 2 aromatic heterocycles. The van der Waals surface area contributed by atoms with E-state index in [1.807, 2.05) is 11.3 Å². The van der Waals surface area contributed by atoms with Gasteiger partial charge in [-0.15, -0.1) is 11.3 Å². The molecule has 1 aliphatic rings. The van der Waals surface area contributed by atoms with E-state index in [0.717, 1.165) is 18.9 Å². The Hall–Kier alpha value is -1.69. The molecule has 118 valence electrons. The number of nitrogens with one attached hydrogen (secondary N) is 2.